The number of nitrogens with two attached hydrogens (primary N) is 2. The predicted octanol–water partition coefficient (Wildman–Crippen LogP) is 2.98. The fourth-order valence-corrected chi connectivity index (χ4v) is 3.36. The SMILES string of the molecule is CC(=O)N(C)C.CCCC.CNC(=O)Cc1sc(NC(C)=O)nc1CCc1ccc(N=C(N)N)cc1. The zero-order valence-electron chi connectivity index (χ0n) is 22.5. The Bertz CT molecular complexity index is 980. The molecule has 0 radical (unpaired) electrons. The Morgan fingerprint density at radius 1 is 1.03 bits per heavy atom. The van der Waals surface area contributed by atoms with Gasteiger partial charge in [0.15, 0.2) is 11.1 Å². The second-order valence-corrected chi connectivity index (χ2v) is 9.12. The first-order valence-electron chi connectivity index (χ1n) is 11.8. The minimum Gasteiger partial charge on any atom is -0.370 e. The van der Waals surface area contributed by atoms with E-state index in [1.54, 1.807) is 21.1 Å². The third kappa shape index (κ3) is 14.7. The van der Waals surface area contributed by atoms with Crippen LogP contribution in [0.3, 0.4) is 0 Å². The van der Waals surface area contributed by atoms with Crippen molar-refractivity contribution in [2.24, 2.45) is 16.5 Å². The molecule has 1 aromatic carbocycles. The lowest BCUT2D eigenvalue weighted by atomic mass is 10.1. The highest BCUT2D eigenvalue weighted by Gasteiger charge is 2.15. The molecule has 0 saturated carbocycles. The van der Waals surface area contributed by atoms with Crippen molar-refractivity contribution in [1.29, 1.82) is 0 Å². The number of rotatable bonds is 8. The van der Waals surface area contributed by atoms with Gasteiger partial charge in [0.1, 0.15) is 0 Å². The molecule has 1 heterocycles. The van der Waals surface area contributed by atoms with Gasteiger partial charge in [0, 0.05) is 39.9 Å². The molecule has 0 fully saturated rings. The van der Waals surface area contributed by atoms with Crippen molar-refractivity contribution >= 4 is 45.8 Å². The fourth-order valence-electron chi connectivity index (χ4n) is 2.30. The summed E-state index contributed by atoms with van der Waals surface area (Å²) >= 11 is 1.33. The van der Waals surface area contributed by atoms with E-state index in [0.717, 1.165) is 22.6 Å². The van der Waals surface area contributed by atoms with Crippen molar-refractivity contribution in [2.75, 3.05) is 26.5 Å². The Hall–Kier alpha value is -3.47. The van der Waals surface area contributed by atoms with Crippen LogP contribution in [0.2, 0.25) is 0 Å². The van der Waals surface area contributed by atoms with E-state index in [9.17, 15) is 14.4 Å². The molecule has 0 aliphatic heterocycles. The standard InChI is InChI=1S/C17H22N6O2S.C4H9NO.C4H10/c1-10(24)21-17-23-13(14(26-17)9-15(25)20-2)8-5-11-3-6-12(7-4-11)22-16(18)19;1-4(6)5(2)3;1-3-4-2/h3-4,6-7H,5,8-9H2,1-2H3,(H,20,25)(H4,18,19,22)(H,21,23,24);1-3H3;3-4H2,1-2H3. The number of amides is 3. The molecule has 200 valence electrons. The summed E-state index contributed by atoms with van der Waals surface area (Å²) in [6, 6.07) is 7.57. The molecule has 10 nitrogen and oxygen atoms in total. The van der Waals surface area contributed by atoms with Gasteiger partial charge in [0.25, 0.3) is 0 Å². The van der Waals surface area contributed by atoms with Crippen LogP contribution >= 0.6 is 11.3 Å². The number of carbonyl (C=O) groups is 3. The highest BCUT2D eigenvalue weighted by molar-refractivity contribution is 7.16. The molecular weight excluding hydrogens is 478 g/mol. The second-order valence-electron chi connectivity index (χ2n) is 8.04. The maximum Gasteiger partial charge on any atom is 0.225 e. The van der Waals surface area contributed by atoms with Gasteiger partial charge >= 0.3 is 0 Å². The molecule has 3 amide bonds. The van der Waals surface area contributed by atoms with Crippen molar-refractivity contribution in [2.45, 2.75) is 59.8 Å². The van der Waals surface area contributed by atoms with Gasteiger partial charge in [-0.3, -0.25) is 14.4 Å². The molecule has 6 N–H and O–H groups in total. The van der Waals surface area contributed by atoms with Gasteiger partial charge < -0.3 is 27.0 Å². The van der Waals surface area contributed by atoms with Crippen molar-refractivity contribution < 1.29 is 14.4 Å². The van der Waals surface area contributed by atoms with E-state index in [4.69, 9.17) is 11.5 Å². The number of guanidine groups is 1. The normalized spacial score (nSPS) is 9.53. The van der Waals surface area contributed by atoms with Crippen LogP contribution in [0, 0.1) is 0 Å². The Kier molecular flexibility index (Phi) is 16.2. The molecule has 0 spiro atoms. The molecule has 0 atom stereocenters. The first kappa shape index (κ1) is 32.5. The first-order chi connectivity index (χ1) is 16.9. The van der Waals surface area contributed by atoms with Crippen molar-refractivity contribution in [1.82, 2.24) is 15.2 Å². The number of likely N-dealkylation sites (N-methyl/N-ethyl adjacent to an activating group) is 1. The largest absolute Gasteiger partial charge is 0.370 e. The smallest absolute Gasteiger partial charge is 0.225 e. The van der Waals surface area contributed by atoms with E-state index in [-0.39, 0.29) is 30.1 Å². The van der Waals surface area contributed by atoms with Gasteiger partial charge in [-0.05, 0) is 30.5 Å². The monoisotopic (exact) mass is 519 g/mol. The number of hydrogen-bond donors (Lipinski definition) is 4. The highest BCUT2D eigenvalue weighted by atomic mass is 32.1. The van der Waals surface area contributed by atoms with Gasteiger partial charge in [-0.1, -0.05) is 38.8 Å². The molecule has 36 heavy (non-hydrogen) atoms. The summed E-state index contributed by atoms with van der Waals surface area (Å²) in [4.78, 5) is 43.9. The van der Waals surface area contributed by atoms with E-state index in [1.165, 1.54) is 42.9 Å². The lowest BCUT2D eigenvalue weighted by molar-refractivity contribution is -0.126. The zero-order chi connectivity index (χ0) is 27.7. The summed E-state index contributed by atoms with van der Waals surface area (Å²) in [5, 5.41) is 5.79. The second kappa shape index (κ2) is 17.9. The van der Waals surface area contributed by atoms with Crippen LogP contribution in [0.4, 0.5) is 10.8 Å². The van der Waals surface area contributed by atoms with Crippen LogP contribution in [0.15, 0.2) is 29.3 Å². The zero-order valence-corrected chi connectivity index (χ0v) is 23.3. The number of aryl methyl sites for hydroxylation is 2. The number of carbonyl (C=O) groups excluding carboxylic acids is 3. The topological polar surface area (TPSA) is 156 Å². The Morgan fingerprint density at radius 2 is 1.58 bits per heavy atom. The minimum absolute atomic E-state index is 0.0181. The molecular formula is C25H41N7O3S. The first-order valence-corrected chi connectivity index (χ1v) is 12.6. The summed E-state index contributed by atoms with van der Waals surface area (Å²) in [6.45, 7) is 7.32. The summed E-state index contributed by atoms with van der Waals surface area (Å²) in [5.41, 5.74) is 13.3. The van der Waals surface area contributed by atoms with Gasteiger partial charge in [-0.2, -0.15) is 0 Å². The number of anilines is 1. The van der Waals surface area contributed by atoms with Gasteiger partial charge in [0.2, 0.25) is 17.7 Å². The molecule has 1 aromatic heterocycles. The molecule has 0 bridgehead atoms. The summed E-state index contributed by atoms with van der Waals surface area (Å²) in [7, 11) is 5.04. The summed E-state index contributed by atoms with van der Waals surface area (Å²) in [6.07, 6.45) is 4.28. The number of hydrogen-bond acceptors (Lipinski definition) is 6. The van der Waals surface area contributed by atoms with Gasteiger partial charge in [0.05, 0.1) is 17.8 Å². The molecule has 2 aromatic rings. The van der Waals surface area contributed by atoms with Crippen molar-refractivity contribution in [3.8, 4) is 0 Å². The quantitative estimate of drug-likeness (QED) is 0.310. The maximum atomic E-state index is 11.7. The maximum absolute atomic E-state index is 11.7. The molecule has 0 unspecified atom stereocenters. The van der Waals surface area contributed by atoms with Gasteiger partial charge in [-0.25, -0.2) is 9.98 Å². The number of unbranched alkanes of at least 4 members (excludes halogenated alkanes) is 1. The van der Waals surface area contributed by atoms with E-state index in [1.807, 2.05) is 24.3 Å². The van der Waals surface area contributed by atoms with Crippen molar-refractivity contribution in [3.63, 3.8) is 0 Å². The van der Waals surface area contributed by atoms with Gasteiger partial charge in [-0.15, -0.1) is 11.3 Å². The van der Waals surface area contributed by atoms with E-state index in [2.05, 4.69) is 34.5 Å². The molecule has 0 aliphatic rings. The van der Waals surface area contributed by atoms with Crippen LogP contribution in [0.5, 0.6) is 0 Å². The van der Waals surface area contributed by atoms with Crippen LogP contribution in [-0.2, 0) is 33.6 Å². The lowest BCUT2D eigenvalue weighted by Crippen LogP contribution is -2.21. The number of nitrogens with one attached hydrogen (secondary N) is 2. The van der Waals surface area contributed by atoms with E-state index >= 15 is 0 Å². The number of aliphatic imine (C=N–C) groups is 1. The average molecular weight is 520 g/mol. The summed E-state index contributed by atoms with van der Waals surface area (Å²) in [5.74, 6) is -0.169. The number of aromatic nitrogens is 1. The predicted molar refractivity (Wildman–Crippen MR) is 148 cm³/mol. The molecule has 11 heteroatoms. The van der Waals surface area contributed by atoms with Crippen LogP contribution in [-0.4, -0.2) is 54.7 Å². The van der Waals surface area contributed by atoms with E-state index in [0.29, 0.717) is 17.2 Å². The molecule has 0 saturated heterocycles. The van der Waals surface area contributed by atoms with Crippen molar-refractivity contribution in [3.05, 3.63) is 40.4 Å². The minimum atomic E-state index is -0.188. The number of benzene rings is 1. The van der Waals surface area contributed by atoms with Crippen LogP contribution in [0.1, 0.15) is 56.7 Å². The molecule has 0 aliphatic carbocycles. The molecule has 2 rings (SSSR count). The number of thiazole rings is 1. The third-order valence-corrected chi connectivity index (χ3v) is 5.65. The number of nitrogens with zero attached hydrogens (tertiary/aromatic N) is 3. The third-order valence-electron chi connectivity index (χ3n) is 4.64. The Balaban J connectivity index is 0.00000104. The average Bonchev–Trinajstić information content (AvgIpc) is 3.18. The van der Waals surface area contributed by atoms with Crippen LogP contribution in [0.25, 0.3) is 0 Å². The summed E-state index contributed by atoms with van der Waals surface area (Å²) < 4.78 is 0. The highest BCUT2D eigenvalue weighted by Crippen LogP contribution is 2.25. The fraction of sp³-hybridized carbons (Fsp3) is 0.480. The lowest BCUT2D eigenvalue weighted by Gasteiger charge is -2.03. The van der Waals surface area contributed by atoms with E-state index < -0.39 is 0 Å². The van der Waals surface area contributed by atoms with Crippen LogP contribution < -0.4 is 22.1 Å². The Morgan fingerprint density at radius 3 is 2.00 bits per heavy atom. The Labute approximate surface area is 218 Å².